The van der Waals surface area contributed by atoms with E-state index in [0.717, 1.165) is 0 Å². The van der Waals surface area contributed by atoms with E-state index in [2.05, 4.69) is 14.7 Å². The molecular formula is C5H8BNO6S. The number of hydrogen-bond acceptors (Lipinski definition) is 6. The number of nitrogens with one attached hydrogen (secondary N) is 1. The van der Waals surface area contributed by atoms with Crippen molar-refractivity contribution in [2.45, 2.75) is 11.7 Å². The molecule has 2 radical (unpaired) electrons. The lowest BCUT2D eigenvalue weighted by Gasteiger charge is -2.11. The molecule has 0 aliphatic heterocycles. The predicted molar refractivity (Wildman–Crippen MR) is 47.6 cm³/mol. The molecule has 0 aromatic heterocycles. The van der Waals surface area contributed by atoms with Gasteiger partial charge < -0.3 is 10.4 Å². The number of hydrogen-bond donors (Lipinski definition) is 3. The number of carbonyl (C=O) groups excluding carboxylic acids is 1. The Kier molecular flexibility index (Phi) is 7.20. The van der Waals surface area contributed by atoms with Crippen LogP contribution in [0.3, 0.4) is 0 Å². The molecule has 0 fully saturated rings. The summed E-state index contributed by atoms with van der Waals surface area (Å²) in [5.74, 6) is -1.85. The van der Waals surface area contributed by atoms with E-state index in [0.29, 0.717) is 12.0 Å². The minimum absolute atomic E-state index is 0.00431. The van der Waals surface area contributed by atoms with Gasteiger partial charge in [-0.1, -0.05) is 5.04 Å². The Bertz CT molecular complexity index is 203. The molecule has 0 rings (SSSR count). The van der Waals surface area contributed by atoms with Crippen molar-refractivity contribution >= 4 is 31.7 Å². The summed E-state index contributed by atoms with van der Waals surface area (Å²) in [5.41, 5.74) is 0. The van der Waals surface area contributed by atoms with Crippen LogP contribution in [-0.4, -0.2) is 41.8 Å². The van der Waals surface area contributed by atoms with Gasteiger partial charge in [-0.25, -0.2) is 5.26 Å². The fraction of sp³-hybridized carbons (Fsp3) is 0.600. The van der Waals surface area contributed by atoms with Crippen LogP contribution < -0.4 is 5.32 Å². The summed E-state index contributed by atoms with van der Waals surface area (Å²) in [5, 5.41) is 21.1. The van der Waals surface area contributed by atoms with Crippen molar-refractivity contribution in [1.82, 2.24) is 5.32 Å². The molecule has 0 spiro atoms. The highest BCUT2D eigenvalue weighted by atomic mass is 32.2. The van der Waals surface area contributed by atoms with E-state index in [1.54, 1.807) is 0 Å². The van der Waals surface area contributed by atoms with Crippen LogP contribution in [0.4, 0.5) is 4.79 Å². The molecule has 0 bridgehead atoms. The predicted octanol–water partition coefficient (Wildman–Crippen LogP) is -0.223. The van der Waals surface area contributed by atoms with Crippen molar-refractivity contribution in [3.8, 4) is 0 Å². The van der Waals surface area contributed by atoms with E-state index >= 15 is 0 Å². The molecule has 1 amide bonds. The van der Waals surface area contributed by atoms with Crippen molar-refractivity contribution in [1.29, 1.82) is 0 Å². The Balaban J connectivity index is 3.83. The van der Waals surface area contributed by atoms with E-state index < -0.39 is 17.0 Å². The van der Waals surface area contributed by atoms with Gasteiger partial charge in [0.05, 0.1) is 11.7 Å². The molecule has 3 N–H and O–H groups in total. The lowest BCUT2D eigenvalue weighted by Crippen LogP contribution is -2.31. The van der Waals surface area contributed by atoms with Crippen LogP contribution in [0.1, 0.15) is 6.42 Å². The minimum Gasteiger partial charge on any atom is -0.481 e. The fourth-order valence-electron chi connectivity index (χ4n) is 0.623. The normalized spacial score (nSPS) is 12.1. The SMILES string of the molecule is [B]C(=O)NCC(CC(=O)O)SOOO. The lowest BCUT2D eigenvalue weighted by molar-refractivity contribution is -0.432. The van der Waals surface area contributed by atoms with Gasteiger partial charge in [0.15, 0.2) is 13.7 Å². The van der Waals surface area contributed by atoms with Gasteiger partial charge in [0.2, 0.25) is 0 Å². The number of carboxylic acids is 1. The summed E-state index contributed by atoms with van der Waals surface area (Å²) in [6, 6.07) is 0. The summed E-state index contributed by atoms with van der Waals surface area (Å²) in [7, 11) is 4.77. The summed E-state index contributed by atoms with van der Waals surface area (Å²) >= 11 is 0.569. The first-order valence-electron chi connectivity index (χ1n) is 3.45. The molecule has 0 saturated carbocycles. The smallest absolute Gasteiger partial charge is 0.304 e. The second-order valence-corrected chi connectivity index (χ2v) is 3.20. The van der Waals surface area contributed by atoms with E-state index in [1.165, 1.54) is 0 Å². The van der Waals surface area contributed by atoms with Crippen LogP contribution in [-0.2, 0) is 14.2 Å². The molecule has 9 heteroatoms. The standard InChI is InChI=1S/C5H8BNO6S/c6-5(10)7-2-3(1-4(8)9)14-13-12-11/h3,11H,1-2H2,(H,7,10)(H,8,9). The number of aliphatic carboxylic acids is 1. The van der Waals surface area contributed by atoms with Gasteiger partial charge in [-0.2, -0.15) is 0 Å². The summed E-state index contributed by atoms with van der Waals surface area (Å²) in [6.45, 7) is -0.00431. The van der Waals surface area contributed by atoms with E-state index in [-0.39, 0.29) is 13.0 Å². The van der Waals surface area contributed by atoms with Crippen molar-refractivity contribution < 1.29 is 29.3 Å². The molecule has 0 aromatic carbocycles. The maximum Gasteiger partial charge on any atom is 0.304 e. The first-order chi connectivity index (χ1) is 6.56. The first kappa shape index (κ1) is 13.2. The maximum absolute atomic E-state index is 10.3. The quantitative estimate of drug-likeness (QED) is 0.236. The highest BCUT2D eigenvalue weighted by Gasteiger charge is 2.15. The molecule has 0 aliphatic carbocycles. The molecule has 14 heavy (non-hydrogen) atoms. The Labute approximate surface area is 85.2 Å². The van der Waals surface area contributed by atoms with Gasteiger partial charge in [-0.05, 0) is 0 Å². The Hall–Kier alpha value is -0.765. The second-order valence-electron chi connectivity index (χ2n) is 2.20. The van der Waals surface area contributed by atoms with Gasteiger partial charge in [0.25, 0.3) is 0 Å². The minimum atomic E-state index is -1.07. The summed E-state index contributed by atoms with van der Waals surface area (Å²) < 4.78 is 4.05. The van der Waals surface area contributed by atoms with Gasteiger partial charge in [-0.3, -0.25) is 9.59 Å². The third-order valence-electron chi connectivity index (χ3n) is 1.11. The van der Waals surface area contributed by atoms with E-state index in [9.17, 15) is 9.59 Å². The molecule has 0 heterocycles. The number of carbonyl (C=O) groups is 2. The van der Waals surface area contributed by atoms with Gasteiger partial charge in [-0.15, -0.1) is 4.33 Å². The lowest BCUT2D eigenvalue weighted by atomic mass is 10.1. The summed E-state index contributed by atoms with van der Waals surface area (Å²) in [6.07, 6.45) is -0.270. The van der Waals surface area contributed by atoms with Crippen LogP contribution in [0.25, 0.3) is 0 Å². The number of amides is 1. The van der Waals surface area contributed by atoms with Crippen molar-refractivity contribution in [3.63, 3.8) is 0 Å². The van der Waals surface area contributed by atoms with Gasteiger partial charge in [0, 0.05) is 18.6 Å². The number of carboxylic acid groups (broad SMARTS) is 1. The number of rotatable bonds is 7. The largest absolute Gasteiger partial charge is 0.481 e. The third kappa shape index (κ3) is 7.86. The van der Waals surface area contributed by atoms with Crippen LogP contribution in [0.15, 0.2) is 0 Å². The van der Waals surface area contributed by atoms with Crippen LogP contribution in [0, 0.1) is 0 Å². The highest BCUT2D eigenvalue weighted by molar-refractivity contribution is 7.95. The molecule has 0 aliphatic rings. The zero-order chi connectivity index (χ0) is 11.0. The molecule has 0 saturated heterocycles. The summed E-state index contributed by atoms with van der Waals surface area (Å²) in [4.78, 5) is 20.6. The fourth-order valence-corrected chi connectivity index (χ4v) is 1.13. The monoisotopic (exact) mass is 221 g/mol. The van der Waals surface area contributed by atoms with Crippen molar-refractivity contribution in [2.75, 3.05) is 6.54 Å². The Morgan fingerprint density at radius 3 is 2.64 bits per heavy atom. The second kappa shape index (κ2) is 7.62. The third-order valence-corrected chi connectivity index (χ3v) is 1.86. The zero-order valence-corrected chi connectivity index (χ0v) is 7.82. The Morgan fingerprint density at radius 2 is 2.21 bits per heavy atom. The average Bonchev–Trinajstić information content (AvgIpc) is 2.09. The van der Waals surface area contributed by atoms with E-state index in [4.69, 9.17) is 18.2 Å². The zero-order valence-electron chi connectivity index (χ0n) is 7.00. The molecule has 0 aromatic rings. The van der Waals surface area contributed by atoms with Crippen molar-refractivity contribution in [3.05, 3.63) is 0 Å². The van der Waals surface area contributed by atoms with Gasteiger partial charge in [0.1, 0.15) is 0 Å². The molecular weight excluding hydrogens is 213 g/mol. The van der Waals surface area contributed by atoms with Crippen molar-refractivity contribution in [2.24, 2.45) is 0 Å². The molecule has 7 nitrogen and oxygen atoms in total. The molecule has 78 valence electrons. The van der Waals surface area contributed by atoms with Crippen LogP contribution >= 0.6 is 12.0 Å². The topological polar surface area (TPSA) is 105 Å². The van der Waals surface area contributed by atoms with Gasteiger partial charge >= 0.3 is 5.97 Å². The van der Waals surface area contributed by atoms with E-state index in [1.807, 2.05) is 0 Å². The average molecular weight is 221 g/mol. The highest BCUT2D eigenvalue weighted by Crippen LogP contribution is 2.15. The molecule has 1 atom stereocenters. The Morgan fingerprint density at radius 1 is 1.57 bits per heavy atom. The van der Waals surface area contributed by atoms with Crippen LogP contribution in [0.2, 0.25) is 0 Å². The molecule has 1 unspecified atom stereocenters. The first-order valence-corrected chi connectivity index (χ1v) is 4.25. The van der Waals surface area contributed by atoms with Crippen LogP contribution in [0.5, 0.6) is 0 Å². The maximum atomic E-state index is 10.3.